The van der Waals surface area contributed by atoms with Crippen molar-refractivity contribution in [3.8, 4) is 11.5 Å². The molecule has 0 bridgehead atoms. The zero-order valence-corrected chi connectivity index (χ0v) is 11.7. The molecular formula is C15H24O2. The van der Waals surface area contributed by atoms with E-state index in [2.05, 4.69) is 20.8 Å². The van der Waals surface area contributed by atoms with Gasteiger partial charge in [-0.05, 0) is 44.2 Å². The van der Waals surface area contributed by atoms with Crippen LogP contribution in [0.1, 0.15) is 49.4 Å². The van der Waals surface area contributed by atoms with Crippen LogP contribution in [0.5, 0.6) is 11.5 Å². The molecule has 0 atom stereocenters. The van der Waals surface area contributed by atoms with Crippen molar-refractivity contribution in [2.24, 2.45) is 0 Å². The van der Waals surface area contributed by atoms with Gasteiger partial charge in [0.05, 0.1) is 6.61 Å². The second kappa shape index (κ2) is 5.95. The molecule has 1 N–H and O–H groups in total. The molecule has 1 aromatic carbocycles. The van der Waals surface area contributed by atoms with Gasteiger partial charge in [-0.1, -0.05) is 20.8 Å². The molecule has 0 radical (unpaired) electrons. The van der Waals surface area contributed by atoms with Crippen LogP contribution in [0.4, 0.5) is 0 Å². The van der Waals surface area contributed by atoms with Crippen LogP contribution in [0.15, 0.2) is 0 Å². The van der Waals surface area contributed by atoms with Crippen molar-refractivity contribution in [2.45, 2.75) is 53.9 Å². The number of phenolic OH excluding ortho intramolecular Hbond substituents is 1. The highest BCUT2D eigenvalue weighted by Gasteiger charge is 2.17. The molecule has 0 aliphatic heterocycles. The van der Waals surface area contributed by atoms with E-state index in [0.717, 1.165) is 53.9 Å². The Morgan fingerprint density at radius 1 is 0.941 bits per heavy atom. The zero-order chi connectivity index (χ0) is 13.0. The summed E-state index contributed by atoms with van der Waals surface area (Å²) >= 11 is 0. The smallest absolute Gasteiger partial charge is 0.126 e. The summed E-state index contributed by atoms with van der Waals surface area (Å²) in [5, 5.41) is 10.2. The molecule has 1 aromatic rings. The first kappa shape index (κ1) is 13.9. The maximum absolute atomic E-state index is 10.2. The summed E-state index contributed by atoms with van der Waals surface area (Å²) < 4.78 is 5.88. The van der Waals surface area contributed by atoms with Crippen molar-refractivity contribution in [2.75, 3.05) is 6.61 Å². The molecule has 0 heterocycles. The number of hydrogen-bond acceptors (Lipinski definition) is 2. The van der Waals surface area contributed by atoms with Gasteiger partial charge in [-0.15, -0.1) is 0 Å². The SMILES string of the molecule is CCCOc1c(C)c(CC)c(O)c(C)c1CC. The third-order valence-corrected chi connectivity index (χ3v) is 3.32. The van der Waals surface area contributed by atoms with Crippen molar-refractivity contribution in [3.05, 3.63) is 22.3 Å². The molecule has 0 unspecified atom stereocenters. The predicted molar refractivity (Wildman–Crippen MR) is 72.1 cm³/mol. The summed E-state index contributed by atoms with van der Waals surface area (Å²) in [6.45, 7) is 11.0. The molecule has 0 saturated heterocycles. The van der Waals surface area contributed by atoms with Crippen LogP contribution in [-0.4, -0.2) is 11.7 Å². The molecule has 2 heteroatoms. The predicted octanol–water partition coefficient (Wildman–Crippen LogP) is 3.92. The van der Waals surface area contributed by atoms with Gasteiger partial charge in [0.1, 0.15) is 11.5 Å². The van der Waals surface area contributed by atoms with E-state index in [-0.39, 0.29) is 0 Å². The third kappa shape index (κ3) is 2.56. The largest absolute Gasteiger partial charge is 0.507 e. The highest BCUT2D eigenvalue weighted by molar-refractivity contribution is 5.57. The van der Waals surface area contributed by atoms with E-state index in [9.17, 15) is 5.11 Å². The van der Waals surface area contributed by atoms with Gasteiger partial charge in [-0.25, -0.2) is 0 Å². The van der Waals surface area contributed by atoms with Crippen molar-refractivity contribution >= 4 is 0 Å². The minimum Gasteiger partial charge on any atom is -0.507 e. The maximum Gasteiger partial charge on any atom is 0.126 e. The Morgan fingerprint density at radius 3 is 2.00 bits per heavy atom. The molecule has 0 aliphatic rings. The summed E-state index contributed by atoms with van der Waals surface area (Å²) in [4.78, 5) is 0. The van der Waals surface area contributed by atoms with Crippen LogP contribution in [0.2, 0.25) is 0 Å². The van der Waals surface area contributed by atoms with Crippen molar-refractivity contribution < 1.29 is 9.84 Å². The number of aromatic hydroxyl groups is 1. The molecule has 2 nitrogen and oxygen atoms in total. The Morgan fingerprint density at radius 2 is 1.53 bits per heavy atom. The molecule has 0 saturated carbocycles. The fourth-order valence-corrected chi connectivity index (χ4v) is 2.34. The Bertz CT molecular complexity index is 395. The number of hydrogen-bond donors (Lipinski definition) is 1. The fourth-order valence-electron chi connectivity index (χ4n) is 2.34. The molecule has 0 amide bonds. The average molecular weight is 236 g/mol. The summed E-state index contributed by atoms with van der Waals surface area (Å²) in [7, 11) is 0. The first-order valence-electron chi connectivity index (χ1n) is 6.54. The van der Waals surface area contributed by atoms with Crippen LogP contribution in [-0.2, 0) is 12.8 Å². The summed E-state index contributed by atoms with van der Waals surface area (Å²) in [6.07, 6.45) is 2.73. The standard InChI is InChI=1S/C15H24O2/c1-6-9-17-15-11(5)12(7-2)14(16)10(4)13(15)8-3/h16H,6-9H2,1-5H3. The topological polar surface area (TPSA) is 29.5 Å². The molecule has 0 aliphatic carbocycles. The quantitative estimate of drug-likeness (QED) is 0.839. The van der Waals surface area contributed by atoms with Gasteiger partial charge in [0.25, 0.3) is 0 Å². The van der Waals surface area contributed by atoms with Gasteiger partial charge in [-0.3, -0.25) is 0 Å². The van der Waals surface area contributed by atoms with Gasteiger partial charge >= 0.3 is 0 Å². The summed E-state index contributed by atoms with van der Waals surface area (Å²) in [5.41, 5.74) is 4.23. The van der Waals surface area contributed by atoms with E-state index >= 15 is 0 Å². The first-order valence-corrected chi connectivity index (χ1v) is 6.54. The van der Waals surface area contributed by atoms with E-state index in [0.29, 0.717) is 5.75 Å². The van der Waals surface area contributed by atoms with Gasteiger partial charge in [0.15, 0.2) is 0 Å². The average Bonchev–Trinajstić information content (AvgIpc) is 2.33. The van der Waals surface area contributed by atoms with E-state index < -0.39 is 0 Å². The van der Waals surface area contributed by atoms with Crippen LogP contribution >= 0.6 is 0 Å². The van der Waals surface area contributed by atoms with Crippen molar-refractivity contribution in [1.29, 1.82) is 0 Å². The van der Waals surface area contributed by atoms with E-state index in [1.54, 1.807) is 0 Å². The lowest BCUT2D eigenvalue weighted by molar-refractivity contribution is 0.310. The number of phenols is 1. The highest BCUT2D eigenvalue weighted by atomic mass is 16.5. The third-order valence-electron chi connectivity index (χ3n) is 3.32. The van der Waals surface area contributed by atoms with Crippen molar-refractivity contribution in [1.82, 2.24) is 0 Å². The molecule has 0 spiro atoms. The second-order valence-electron chi connectivity index (χ2n) is 4.44. The van der Waals surface area contributed by atoms with Crippen molar-refractivity contribution in [3.63, 3.8) is 0 Å². The number of rotatable bonds is 5. The summed E-state index contributed by atoms with van der Waals surface area (Å²) in [6, 6.07) is 0. The molecular weight excluding hydrogens is 212 g/mol. The van der Waals surface area contributed by atoms with Crippen LogP contribution < -0.4 is 4.74 Å². The monoisotopic (exact) mass is 236 g/mol. The van der Waals surface area contributed by atoms with Gasteiger partial charge < -0.3 is 9.84 Å². The van der Waals surface area contributed by atoms with E-state index in [1.165, 1.54) is 0 Å². The number of ether oxygens (including phenoxy) is 1. The number of benzene rings is 1. The molecule has 0 aromatic heterocycles. The molecule has 96 valence electrons. The first-order chi connectivity index (χ1) is 8.08. The Labute approximate surface area is 105 Å². The van der Waals surface area contributed by atoms with E-state index in [1.807, 2.05) is 13.8 Å². The molecule has 1 rings (SSSR count). The Hall–Kier alpha value is -1.18. The highest BCUT2D eigenvalue weighted by Crippen LogP contribution is 2.38. The van der Waals surface area contributed by atoms with Gasteiger partial charge in [0.2, 0.25) is 0 Å². The fraction of sp³-hybridized carbons (Fsp3) is 0.600. The van der Waals surface area contributed by atoms with Crippen LogP contribution in [0, 0.1) is 13.8 Å². The normalized spacial score (nSPS) is 10.6. The Balaban J connectivity index is 3.38. The molecule has 0 fully saturated rings. The Kier molecular flexibility index (Phi) is 4.86. The lowest BCUT2D eigenvalue weighted by atomic mass is 9.94. The zero-order valence-electron chi connectivity index (χ0n) is 11.7. The lowest BCUT2D eigenvalue weighted by Crippen LogP contribution is -2.05. The minimum absolute atomic E-state index is 0.450. The lowest BCUT2D eigenvalue weighted by Gasteiger charge is -2.20. The minimum atomic E-state index is 0.450. The van der Waals surface area contributed by atoms with E-state index in [4.69, 9.17) is 4.74 Å². The summed E-state index contributed by atoms with van der Waals surface area (Å²) in [5.74, 6) is 1.44. The second-order valence-corrected chi connectivity index (χ2v) is 4.44. The molecule has 17 heavy (non-hydrogen) atoms. The van der Waals surface area contributed by atoms with Crippen LogP contribution in [0.25, 0.3) is 0 Å². The maximum atomic E-state index is 10.2. The van der Waals surface area contributed by atoms with Gasteiger partial charge in [0, 0.05) is 11.1 Å². The van der Waals surface area contributed by atoms with Crippen LogP contribution in [0.3, 0.4) is 0 Å². The van der Waals surface area contributed by atoms with Gasteiger partial charge in [-0.2, -0.15) is 0 Å².